The summed E-state index contributed by atoms with van der Waals surface area (Å²) in [5.41, 5.74) is 3.57. The molecule has 124 valence electrons. The SMILES string of the molecule is CCc1nn(C)cc1NC(=O)NCc1ncc(-c2ccccc2)[nH]1. The van der Waals surface area contributed by atoms with Gasteiger partial charge in [-0.05, 0) is 12.0 Å². The number of urea groups is 1. The fraction of sp³-hybridized carbons (Fsp3) is 0.235. The van der Waals surface area contributed by atoms with Crippen LogP contribution in [0.25, 0.3) is 11.3 Å². The summed E-state index contributed by atoms with van der Waals surface area (Å²) in [7, 11) is 1.83. The van der Waals surface area contributed by atoms with Crippen molar-refractivity contribution in [2.24, 2.45) is 7.05 Å². The Kier molecular flexibility index (Phi) is 4.60. The van der Waals surface area contributed by atoms with Crippen molar-refractivity contribution >= 4 is 11.7 Å². The molecule has 2 aromatic heterocycles. The standard InChI is InChI=1S/C17H20N6O/c1-3-13-15(11-23(2)22-13)21-17(24)19-10-16-18-9-14(20-16)12-7-5-4-6-8-12/h4-9,11H,3,10H2,1-2H3,(H,18,20)(H2,19,21,24). The van der Waals surface area contributed by atoms with Crippen LogP contribution in [0.4, 0.5) is 10.5 Å². The molecule has 0 aliphatic heterocycles. The van der Waals surface area contributed by atoms with E-state index in [4.69, 9.17) is 0 Å². The van der Waals surface area contributed by atoms with E-state index in [0.717, 1.165) is 29.1 Å². The van der Waals surface area contributed by atoms with E-state index in [1.165, 1.54) is 0 Å². The molecule has 0 aliphatic carbocycles. The van der Waals surface area contributed by atoms with Crippen molar-refractivity contribution in [3.05, 3.63) is 54.2 Å². The quantitative estimate of drug-likeness (QED) is 0.674. The van der Waals surface area contributed by atoms with E-state index in [0.29, 0.717) is 12.4 Å². The van der Waals surface area contributed by atoms with Crippen LogP contribution in [-0.2, 0) is 20.0 Å². The molecule has 0 atom stereocenters. The van der Waals surface area contributed by atoms with E-state index in [1.54, 1.807) is 17.1 Å². The van der Waals surface area contributed by atoms with Gasteiger partial charge in [0, 0.05) is 13.2 Å². The molecule has 0 spiro atoms. The van der Waals surface area contributed by atoms with Crippen molar-refractivity contribution in [3.8, 4) is 11.3 Å². The third-order valence-corrected chi connectivity index (χ3v) is 3.62. The van der Waals surface area contributed by atoms with Crippen LogP contribution in [0.15, 0.2) is 42.7 Å². The molecule has 7 heteroatoms. The number of hydrogen-bond donors (Lipinski definition) is 3. The van der Waals surface area contributed by atoms with Gasteiger partial charge in [-0.2, -0.15) is 5.10 Å². The summed E-state index contributed by atoms with van der Waals surface area (Å²) < 4.78 is 1.69. The summed E-state index contributed by atoms with van der Waals surface area (Å²) in [4.78, 5) is 19.5. The number of benzene rings is 1. The second-order valence-corrected chi connectivity index (χ2v) is 5.43. The highest BCUT2D eigenvalue weighted by atomic mass is 16.2. The number of aromatic amines is 1. The molecule has 0 fully saturated rings. The normalized spacial score (nSPS) is 10.6. The molecule has 0 bridgehead atoms. The zero-order valence-corrected chi connectivity index (χ0v) is 13.7. The lowest BCUT2D eigenvalue weighted by Crippen LogP contribution is -2.28. The predicted molar refractivity (Wildman–Crippen MR) is 92.5 cm³/mol. The Labute approximate surface area is 140 Å². The molecule has 1 aromatic carbocycles. The van der Waals surface area contributed by atoms with Crippen LogP contribution in [0.3, 0.4) is 0 Å². The second kappa shape index (κ2) is 6.99. The van der Waals surface area contributed by atoms with Gasteiger partial charge in [0.2, 0.25) is 0 Å². The van der Waals surface area contributed by atoms with Crippen LogP contribution in [0.5, 0.6) is 0 Å². The van der Waals surface area contributed by atoms with Crippen LogP contribution >= 0.6 is 0 Å². The Morgan fingerprint density at radius 3 is 2.83 bits per heavy atom. The number of hydrogen-bond acceptors (Lipinski definition) is 3. The van der Waals surface area contributed by atoms with Crippen LogP contribution in [-0.4, -0.2) is 25.8 Å². The van der Waals surface area contributed by atoms with Crippen molar-refractivity contribution in [1.29, 1.82) is 0 Å². The summed E-state index contributed by atoms with van der Waals surface area (Å²) in [6.45, 7) is 2.32. The maximum Gasteiger partial charge on any atom is 0.319 e. The van der Waals surface area contributed by atoms with Crippen molar-refractivity contribution in [2.45, 2.75) is 19.9 Å². The predicted octanol–water partition coefficient (Wildman–Crippen LogP) is 2.69. The van der Waals surface area contributed by atoms with Gasteiger partial charge >= 0.3 is 6.03 Å². The van der Waals surface area contributed by atoms with Gasteiger partial charge in [0.25, 0.3) is 0 Å². The molecule has 0 saturated carbocycles. The Morgan fingerprint density at radius 2 is 2.08 bits per heavy atom. The summed E-state index contributed by atoms with van der Waals surface area (Å²) in [6.07, 6.45) is 4.31. The van der Waals surface area contributed by atoms with Crippen molar-refractivity contribution in [2.75, 3.05) is 5.32 Å². The highest BCUT2D eigenvalue weighted by Gasteiger charge is 2.10. The molecule has 0 unspecified atom stereocenters. The molecule has 3 aromatic rings. The lowest BCUT2D eigenvalue weighted by atomic mass is 10.2. The Hall–Kier alpha value is -3.09. The van der Waals surface area contributed by atoms with E-state index < -0.39 is 0 Å². The minimum absolute atomic E-state index is 0.282. The number of aromatic nitrogens is 4. The first-order valence-corrected chi connectivity index (χ1v) is 7.82. The van der Waals surface area contributed by atoms with E-state index >= 15 is 0 Å². The Bertz CT molecular complexity index is 821. The lowest BCUT2D eigenvalue weighted by Gasteiger charge is -2.05. The lowest BCUT2D eigenvalue weighted by molar-refractivity contribution is 0.251. The summed E-state index contributed by atoms with van der Waals surface area (Å²) in [5, 5.41) is 9.90. The maximum absolute atomic E-state index is 12.0. The molecular formula is C17H20N6O. The van der Waals surface area contributed by atoms with Crippen molar-refractivity contribution in [1.82, 2.24) is 25.1 Å². The first-order chi connectivity index (χ1) is 11.7. The number of imidazole rings is 1. The van der Waals surface area contributed by atoms with E-state index in [1.807, 2.05) is 44.3 Å². The Balaban J connectivity index is 1.58. The number of aryl methyl sites for hydroxylation is 2. The number of rotatable bonds is 5. The van der Waals surface area contributed by atoms with Crippen molar-refractivity contribution in [3.63, 3.8) is 0 Å². The Morgan fingerprint density at radius 1 is 1.29 bits per heavy atom. The van der Waals surface area contributed by atoms with Gasteiger partial charge in [-0.3, -0.25) is 4.68 Å². The first-order valence-electron chi connectivity index (χ1n) is 7.82. The number of nitrogens with one attached hydrogen (secondary N) is 3. The number of anilines is 1. The van der Waals surface area contributed by atoms with Gasteiger partial charge in [-0.1, -0.05) is 37.3 Å². The van der Waals surface area contributed by atoms with Crippen LogP contribution in [0.2, 0.25) is 0 Å². The average Bonchev–Trinajstić information content (AvgIpc) is 3.20. The topological polar surface area (TPSA) is 87.6 Å². The molecule has 2 amide bonds. The van der Waals surface area contributed by atoms with Gasteiger partial charge in [0.05, 0.1) is 29.8 Å². The van der Waals surface area contributed by atoms with Gasteiger partial charge in [0.15, 0.2) is 0 Å². The molecule has 24 heavy (non-hydrogen) atoms. The summed E-state index contributed by atoms with van der Waals surface area (Å²) in [6, 6.07) is 9.64. The molecule has 0 saturated heterocycles. The van der Waals surface area contributed by atoms with E-state index in [9.17, 15) is 4.79 Å². The monoisotopic (exact) mass is 324 g/mol. The molecule has 3 rings (SSSR count). The molecular weight excluding hydrogens is 304 g/mol. The van der Waals surface area contributed by atoms with Crippen LogP contribution in [0, 0.1) is 0 Å². The van der Waals surface area contributed by atoms with Gasteiger partial charge in [0.1, 0.15) is 5.82 Å². The zero-order chi connectivity index (χ0) is 16.9. The average molecular weight is 324 g/mol. The third kappa shape index (κ3) is 3.62. The van der Waals surface area contributed by atoms with Crippen LogP contribution < -0.4 is 10.6 Å². The molecule has 7 nitrogen and oxygen atoms in total. The third-order valence-electron chi connectivity index (χ3n) is 3.62. The minimum Gasteiger partial charge on any atom is -0.341 e. The second-order valence-electron chi connectivity index (χ2n) is 5.43. The molecule has 2 heterocycles. The molecule has 0 radical (unpaired) electrons. The van der Waals surface area contributed by atoms with Crippen LogP contribution in [0.1, 0.15) is 18.4 Å². The molecule has 3 N–H and O–H groups in total. The number of H-pyrrole nitrogens is 1. The van der Waals surface area contributed by atoms with Gasteiger partial charge in [-0.15, -0.1) is 0 Å². The fourth-order valence-corrected chi connectivity index (χ4v) is 2.45. The summed E-state index contributed by atoms with van der Waals surface area (Å²) in [5.74, 6) is 0.700. The number of carbonyl (C=O) groups is 1. The fourth-order valence-electron chi connectivity index (χ4n) is 2.45. The van der Waals surface area contributed by atoms with E-state index in [2.05, 4.69) is 25.7 Å². The largest absolute Gasteiger partial charge is 0.341 e. The minimum atomic E-state index is -0.282. The maximum atomic E-state index is 12.0. The smallest absolute Gasteiger partial charge is 0.319 e. The molecule has 0 aliphatic rings. The van der Waals surface area contributed by atoms with Crippen molar-refractivity contribution < 1.29 is 4.79 Å². The van der Waals surface area contributed by atoms with Gasteiger partial charge in [-0.25, -0.2) is 9.78 Å². The number of carbonyl (C=O) groups excluding carboxylic acids is 1. The number of nitrogens with zero attached hydrogens (tertiary/aromatic N) is 3. The first kappa shape index (κ1) is 15.8. The highest BCUT2D eigenvalue weighted by Crippen LogP contribution is 2.16. The number of amides is 2. The zero-order valence-electron chi connectivity index (χ0n) is 13.7. The van der Waals surface area contributed by atoms with E-state index in [-0.39, 0.29) is 6.03 Å². The van der Waals surface area contributed by atoms with Gasteiger partial charge < -0.3 is 15.6 Å². The summed E-state index contributed by atoms with van der Waals surface area (Å²) >= 11 is 0. The highest BCUT2D eigenvalue weighted by molar-refractivity contribution is 5.89.